The van der Waals surface area contributed by atoms with Crippen LogP contribution in [0.2, 0.25) is 0 Å². The third kappa shape index (κ3) is 6.37. The van der Waals surface area contributed by atoms with E-state index in [2.05, 4.69) is 88.4 Å². The average Bonchev–Trinajstić information content (AvgIpc) is 2.55. The SMILES string of the molecule is CC(C)P(Cc1ccccc1)CP(Cc1ccccc1)C(C)C. The van der Waals surface area contributed by atoms with Gasteiger partial charge in [-0.1, -0.05) is 104 Å². The molecule has 0 radical (unpaired) electrons. The fourth-order valence-electron chi connectivity index (χ4n) is 2.66. The molecule has 0 heterocycles. The molecule has 0 spiro atoms. The zero-order valence-electron chi connectivity index (χ0n) is 14.9. The largest absolute Gasteiger partial charge is 0.0952 e. The lowest BCUT2D eigenvalue weighted by Crippen LogP contribution is -2.05. The molecule has 0 amide bonds. The predicted octanol–water partition coefficient (Wildman–Crippen LogP) is 7.12. The Hall–Kier alpha value is -0.700. The molecule has 0 aliphatic rings. The molecule has 2 unspecified atom stereocenters. The first-order valence-electron chi connectivity index (χ1n) is 8.62. The van der Waals surface area contributed by atoms with Crippen molar-refractivity contribution >= 4 is 15.8 Å². The van der Waals surface area contributed by atoms with E-state index in [9.17, 15) is 0 Å². The Morgan fingerprint density at radius 3 is 1.26 bits per heavy atom. The van der Waals surface area contributed by atoms with Gasteiger partial charge in [-0.3, -0.25) is 0 Å². The lowest BCUT2D eigenvalue weighted by molar-refractivity contribution is 1.06. The van der Waals surface area contributed by atoms with Crippen molar-refractivity contribution in [1.29, 1.82) is 0 Å². The van der Waals surface area contributed by atoms with Crippen LogP contribution in [-0.4, -0.2) is 17.2 Å². The molecule has 0 aliphatic heterocycles. The van der Waals surface area contributed by atoms with Crippen LogP contribution < -0.4 is 0 Å². The molecule has 0 saturated heterocycles. The van der Waals surface area contributed by atoms with Gasteiger partial charge in [-0.05, 0) is 40.7 Å². The van der Waals surface area contributed by atoms with E-state index in [0.717, 1.165) is 11.3 Å². The number of hydrogen-bond acceptors (Lipinski definition) is 0. The monoisotopic (exact) mass is 344 g/mol. The van der Waals surface area contributed by atoms with Crippen molar-refractivity contribution in [2.45, 2.75) is 51.3 Å². The fourth-order valence-corrected chi connectivity index (χ4v) is 10.0. The van der Waals surface area contributed by atoms with Crippen LogP contribution in [0.3, 0.4) is 0 Å². The van der Waals surface area contributed by atoms with Crippen LogP contribution in [0.25, 0.3) is 0 Å². The first kappa shape index (κ1) is 18.6. The molecular weight excluding hydrogens is 314 g/mol. The molecule has 2 aromatic carbocycles. The van der Waals surface area contributed by atoms with Crippen molar-refractivity contribution in [1.82, 2.24) is 0 Å². The standard InChI is InChI=1S/C21H30P2/c1-18(2)22(15-20-11-7-5-8-12-20)17-23(19(3)4)16-21-13-9-6-10-14-21/h5-14,18-19H,15-17H2,1-4H3. The minimum absolute atomic E-state index is 0.0649. The highest BCUT2D eigenvalue weighted by atomic mass is 31.2. The first-order chi connectivity index (χ1) is 11.1. The van der Waals surface area contributed by atoms with Gasteiger partial charge >= 0.3 is 0 Å². The maximum atomic E-state index is 2.42. The van der Waals surface area contributed by atoms with Crippen LogP contribution in [0, 0.1) is 0 Å². The van der Waals surface area contributed by atoms with Gasteiger partial charge in [-0.25, -0.2) is 0 Å². The van der Waals surface area contributed by atoms with Crippen LogP contribution in [0.1, 0.15) is 38.8 Å². The topological polar surface area (TPSA) is 0 Å². The zero-order chi connectivity index (χ0) is 16.7. The lowest BCUT2D eigenvalue weighted by Gasteiger charge is -2.30. The Morgan fingerprint density at radius 2 is 0.957 bits per heavy atom. The van der Waals surface area contributed by atoms with Gasteiger partial charge in [-0.15, -0.1) is 0 Å². The molecule has 0 saturated carbocycles. The Labute approximate surface area is 145 Å². The predicted molar refractivity (Wildman–Crippen MR) is 109 cm³/mol. The Kier molecular flexibility index (Phi) is 7.75. The molecule has 2 atom stereocenters. The van der Waals surface area contributed by atoms with Crippen LogP contribution in [0.4, 0.5) is 0 Å². The van der Waals surface area contributed by atoms with Gasteiger partial charge in [0.25, 0.3) is 0 Å². The minimum Gasteiger partial charge on any atom is -0.0952 e. The van der Waals surface area contributed by atoms with Crippen LogP contribution in [-0.2, 0) is 12.3 Å². The van der Waals surface area contributed by atoms with Crippen molar-refractivity contribution in [3.8, 4) is 0 Å². The maximum absolute atomic E-state index is 2.42. The van der Waals surface area contributed by atoms with Gasteiger partial charge in [0.15, 0.2) is 0 Å². The Bertz CT molecular complexity index is 497. The summed E-state index contributed by atoms with van der Waals surface area (Å²) in [5.74, 6) is 1.45. The van der Waals surface area contributed by atoms with Crippen molar-refractivity contribution in [3.05, 3.63) is 71.8 Å². The van der Waals surface area contributed by atoms with Crippen LogP contribution in [0.5, 0.6) is 0 Å². The molecule has 0 aromatic heterocycles. The molecule has 2 rings (SSSR count). The van der Waals surface area contributed by atoms with E-state index in [1.54, 1.807) is 0 Å². The molecule has 0 aliphatic carbocycles. The summed E-state index contributed by atoms with van der Waals surface area (Å²) in [7, 11) is 0.130. The molecule has 2 heteroatoms. The fraction of sp³-hybridized carbons (Fsp3) is 0.429. The third-order valence-corrected chi connectivity index (χ3v) is 11.7. The quantitative estimate of drug-likeness (QED) is 0.447. The molecule has 0 bridgehead atoms. The van der Waals surface area contributed by atoms with Gasteiger partial charge in [0.05, 0.1) is 0 Å². The summed E-state index contributed by atoms with van der Waals surface area (Å²) in [5.41, 5.74) is 4.66. The second-order valence-electron chi connectivity index (χ2n) is 6.79. The van der Waals surface area contributed by atoms with Gasteiger partial charge in [-0.2, -0.15) is 0 Å². The Morgan fingerprint density at radius 1 is 0.609 bits per heavy atom. The number of hydrogen-bond donors (Lipinski definition) is 0. The highest BCUT2D eigenvalue weighted by molar-refractivity contribution is 7.74. The highest BCUT2D eigenvalue weighted by Crippen LogP contribution is 2.58. The third-order valence-electron chi connectivity index (χ3n) is 4.28. The summed E-state index contributed by atoms with van der Waals surface area (Å²) < 4.78 is 0. The van der Waals surface area contributed by atoms with Gasteiger partial charge in [0, 0.05) is 0 Å². The van der Waals surface area contributed by atoms with E-state index in [0.29, 0.717) is 0 Å². The van der Waals surface area contributed by atoms with Crippen molar-refractivity contribution in [2.75, 3.05) is 5.90 Å². The van der Waals surface area contributed by atoms with E-state index < -0.39 is 0 Å². The lowest BCUT2D eigenvalue weighted by atomic mass is 10.2. The van der Waals surface area contributed by atoms with Crippen LogP contribution >= 0.6 is 15.8 Å². The first-order valence-corrected chi connectivity index (χ1v) is 12.2. The Balaban J connectivity index is 2.05. The molecule has 23 heavy (non-hydrogen) atoms. The summed E-state index contributed by atoms with van der Waals surface area (Å²) in [6.07, 6.45) is 2.57. The highest BCUT2D eigenvalue weighted by Gasteiger charge is 2.21. The van der Waals surface area contributed by atoms with Gasteiger partial charge < -0.3 is 0 Å². The average molecular weight is 344 g/mol. The van der Waals surface area contributed by atoms with Crippen molar-refractivity contribution in [3.63, 3.8) is 0 Å². The van der Waals surface area contributed by atoms with E-state index >= 15 is 0 Å². The summed E-state index contributed by atoms with van der Waals surface area (Å²) in [5, 5.41) is 0. The summed E-state index contributed by atoms with van der Waals surface area (Å²) >= 11 is 0. The van der Waals surface area contributed by atoms with E-state index in [-0.39, 0.29) is 15.8 Å². The summed E-state index contributed by atoms with van der Waals surface area (Å²) in [4.78, 5) is 0. The summed E-state index contributed by atoms with van der Waals surface area (Å²) in [6.45, 7) is 9.69. The smallest absolute Gasteiger partial charge is 0.00676 e. The molecule has 0 N–H and O–H groups in total. The molecule has 124 valence electrons. The second kappa shape index (κ2) is 9.56. The van der Waals surface area contributed by atoms with Crippen molar-refractivity contribution in [2.24, 2.45) is 0 Å². The molecular formula is C21H30P2. The minimum atomic E-state index is 0.0649. The van der Waals surface area contributed by atoms with Crippen molar-refractivity contribution < 1.29 is 0 Å². The van der Waals surface area contributed by atoms with Crippen LogP contribution in [0.15, 0.2) is 60.7 Å². The number of rotatable bonds is 8. The number of benzene rings is 2. The second-order valence-corrected chi connectivity index (χ2v) is 13.0. The molecule has 0 nitrogen and oxygen atoms in total. The normalized spacial score (nSPS) is 14.2. The van der Waals surface area contributed by atoms with E-state index in [1.807, 2.05) is 0 Å². The van der Waals surface area contributed by atoms with Gasteiger partial charge in [0.2, 0.25) is 0 Å². The van der Waals surface area contributed by atoms with Gasteiger partial charge in [0.1, 0.15) is 0 Å². The summed E-state index contributed by atoms with van der Waals surface area (Å²) in [6, 6.07) is 22.2. The van der Waals surface area contributed by atoms with E-state index in [1.165, 1.54) is 29.4 Å². The molecule has 0 fully saturated rings. The molecule has 2 aromatic rings. The van der Waals surface area contributed by atoms with E-state index in [4.69, 9.17) is 0 Å². The maximum Gasteiger partial charge on any atom is -0.00676 e. The zero-order valence-corrected chi connectivity index (χ0v) is 16.7.